The summed E-state index contributed by atoms with van der Waals surface area (Å²) in [4.78, 5) is 0. The second-order valence-corrected chi connectivity index (χ2v) is 4.61. The Bertz CT molecular complexity index is 670. The van der Waals surface area contributed by atoms with Crippen LogP contribution in [0.4, 0.5) is 0 Å². The highest BCUT2D eigenvalue weighted by molar-refractivity contribution is 5.44. The first-order valence-corrected chi connectivity index (χ1v) is 6.79. The van der Waals surface area contributed by atoms with Gasteiger partial charge in [-0.1, -0.05) is 42.2 Å². The van der Waals surface area contributed by atoms with E-state index < -0.39 is 12.2 Å². The van der Waals surface area contributed by atoms with E-state index in [2.05, 4.69) is 11.8 Å². The van der Waals surface area contributed by atoms with Crippen LogP contribution in [0.15, 0.2) is 48.5 Å². The molecule has 0 saturated heterocycles. The Morgan fingerprint density at radius 3 is 2.18 bits per heavy atom. The molecule has 0 heterocycles. The van der Waals surface area contributed by atoms with Gasteiger partial charge in [-0.2, -0.15) is 0 Å². The minimum atomic E-state index is -1.06. The van der Waals surface area contributed by atoms with E-state index in [0.717, 1.165) is 0 Å². The van der Waals surface area contributed by atoms with Crippen molar-refractivity contribution in [2.75, 3.05) is 14.2 Å². The molecule has 2 rings (SSSR count). The van der Waals surface area contributed by atoms with Gasteiger partial charge in [-0.3, -0.25) is 0 Å². The molecule has 0 spiro atoms. The molecule has 4 nitrogen and oxygen atoms in total. The van der Waals surface area contributed by atoms with Gasteiger partial charge in [-0.15, -0.1) is 0 Å². The molecule has 0 fully saturated rings. The highest BCUT2D eigenvalue weighted by Crippen LogP contribution is 2.29. The molecule has 0 aliphatic heterocycles. The normalized spacial score (nSPS) is 12.7. The van der Waals surface area contributed by atoms with Gasteiger partial charge in [0.1, 0.15) is 23.7 Å². The van der Waals surface area contributed by atoms with Crippen LogP contribution in [0.5, 0.6) is 11.5 Å². The molecule has 0 amide bonds. The number of methoxy groups -OCH3 is 2. The summed E-state index contributed by atoms with van der Waals surface area (Å²) in [6, 6.07) is 14.1. The third kappa shape index (κ3) is 3.79. The third-order valence-corrected chi connectivity index (χ3v) is 3.21. The Labute approximate surface area is 129 Å². The number of ether oxygens (including phenoxy) is 2. The molecule has 0 aliphatic rings. The van der Waals surface area contributed by atoms with Crippen LogP contribution in [0.1, 0.15) is 23.3 Å². The Hall–Kier alpha value is -2.48. The molecule has 0 aliphatic carbocycles. The number of aliphatic hydroxyl groups excluding tert-OH is 2. The zero-order valence-electron chi connectivity index (χ0n) is 12.5. The molecule has 114 valence electrons. The number of benzene rings is 2. The van der Waals surface area contributed by atoms with Crippen LogP contribution in [-0.2, 0) is 0 Å². The summed E-state index contributed by atoms with van der Waals surface area (Å²) in [7, 11) is 3.07. The smallest absolute Gasteiger partial charge is 0.143 e. The SMILES string of the molecule is COc1ccc(C(O)C#CC(O)c2ccccc2)c(OC)c1. The van der Waals surface area contributed by atoms with Crippen LogP contribution in [0.3, 0.4) is 0 Å². The van der Waals surface area contributed by atoms with Crippen LogP contribution >= 0.6 is 0 Å². The van der Waals surface area contributed by atoms with Crippen LogP contribution < -0.4 is 9.47 Å². The van der Waals surface area contributed by atoms with Crippen LogP contribution in [0, 0.1) is 11.8 Å². The maximum Gasteiger partial charge on any atom is 0.143 e. The molecule has 0 aromatic heterocycles. The predicted octanol–water partition coefficient (Wildman–Crippen LogP) is 2.47. The largest absolute Gasteiger partial charge is 0.497 e. The van der Waals surface area contributed by atoms with Gasteiger partial charge in [0.05, 0.1) is 14.2 Å². The third-order valence-electron chi connectivity index (χ3n) is 3.21. The van der Waals surface area contributed by atoms with Gasteiger partial charge in [-0.25, -0.2) is 0 Å². The first kappa shape index (κ1) is 15.9. The van der Waals surface area contributed by atoms with E-state index in [4.69, 9.17) is 9.47 Å². The molecule has 2 N–H and O–H groups in total. The fraction of sp³-hybridized carbons (Fsp3) is 0.222. The lowest BCUT2D eigenvalue weighted by Crippen LogP contribution is -2.00. The molecule has 2 aromatic carbocycles. The van der Waals surface area contributed by atoms with Crippen molar-refractivity contribution in [3.63, 3.8) is 0 Å². The molecule has 0 bridgehead atoms. The highest BCUT2D eigenvalue weighted by Gasteiger charge is 2.12. The quantitative estimate of drug-likeness (QED) is 0.851. The van der Waals surface area contributed by atoms with E-state index in [1.165, 1.54) is 7.11 Å². The van der Waals surface area contributed by atoms with Gasteiger partial charge in [0.25, 0.3) is 0 Å². The lowest BCUT2D eigenvalue weighted by molar-refractivity contribution is 0.224. The molecule has 2 aromatic rings. The summed E-state index contributed by atoms with van der Waals surface area (Å²) in [5.74, 6) is 6.40. The van der Waals surface area contributed by atoms with Gasteiger partial charge >= 0.3 is 0 Å². The summed E-state index contributed by atoms with van der Waals surface area (Å²) in [6.45, 7) is 0. The van der Waals surface area contributed by atoms with E-state index in [1.54, 1.807) is 37.4 Å². The number of rotatable bonds is 4. The Morgan fingerprint density at radius 2 is 1.55 bits per heavy atom. The average Bonchev–Trinajstić information content (AvgIpc) is 2.59. The standard InChI is InChI=1S/C18H18O4/c1-21-14-8-9-15(18(12-14)22-2)17(20)11-10-16(19)13-6-4-3-5-7-13/h3-9,12,16-17,19-20H,1-2H3. The van der Waals surface area contributed by atoms with Gasteiger partial charge < -0.3 is 19.7 Å². The van der Waals surface area contributed by atoms with Crippen molar-refractivity contribution in [2.24, 2.45) is 0 Å². The van der Waals surface area contributed by atoms with E-state index in [1.807, 2.05) is 18.2 Å². The topological polar surface area (TPSA) is 58.9 Å². The molecular weight excluding hydrogens is 280 g/mol. The summed E-state index contributed by atoms with van der Waals surface area (Å²) < 4.78 is 10.3. The van der Waals surface area contributed by atoms with E-state index >= 15 is 0 Å². The lowest BCUT2D eigenvalue weighted by atomic mass is 10.1. The van der Waals surface area contributed by atoms with Gasteiger partial charge in [-0.05, 0) is 17.7 Å². The van der Waals surface area contributed by atoms with Crippen molar-refractivity contribution in [3.05, 3.63) is 59.7 Å². The predicted molar refractivity (Wildman–Crippen MR) is 83.7 cm³/mol. The summed E-state index contributed by atoms with van der Waals surface area (Å²) in [5, 5.41) is 20.2. The van der Waals surface area contributed by atoms with Crippen LogP contribution in [0.2, 0.25) is 0 Å². The Morgan fingerprint density at radius 1 is 0.864 bits per heavy atom. The molecule has 4 heteroatoms. The number of hydrogen-bond donors (Lipinski definition) is 2. The van der Waals surface area contributed by atoms with Crippen molar-refractivity contribution < 1.29 is 19.7 Å². The number of hydrogen-bond acceptors (Lipinski definition) is 4. The number of aliphatic hydroxyl groups is 2. The second kappa shape index (κ2) is 7.51. The van der Waals surface area contributed by atoms with E-state index in [-0.39, 0.29) is 0 Å². The van der Waals surface area contributed by atoms with Crippen LogP contribution in [0.25, 0.3) is 0 Å². The zero-order valence-corrected chi connectivity index (χ0v) is 12.5. The Balaban J connectivity index is 2.19. The first-order valence-electron chi connectivity index (χ1n) is 6.79. The van der Waals surface area contributed by atoms with Crippen molar-refractivity contribution in [3.8, 4) is 23.3 Å². The Kier molecular flexibility index (Phi) is 5.42. The van der Waals surface area contributed by atoms with Crippen molar-refractivity contribution >= 4 is 0 Å². The summed E-state index contributed by atoms with van der Waals surface area (Å²) >= 11 is 0. The fourth-order valence-electron chi connectivity index (χ4n) is 2.00. The van der Waals surface area contributed by atoms with Gasteiger partial charge in [0, 0.05) is 11.6 Å². The summed E-state index contributed by atoms with van der Waals surface area (Å²) in [6.07, 6.45) is -2.00. The average molecular weight is 298 g/mol. The van der Waals surface area contributed by atoms with Gasteiger partial charge in [0.15, 0.2) is 0 Å². The van der Waals surface area contributed by atoms with Crippen molar-refractivity contribution in [2.45, 2.75) is 12.2 Å². The minimum absolute atomic E-state index is 0.482. The maximum atomic E-state index is 10.2. The first-order chi connectivity index (χ1) is 10.7. The van der Waals surface area contributed by atoms with Crippen molar-refractivity contribution in [1.29, 1.82) is 0 Å². The van der Waals surface area contributed by atoms with Gasteiger partial charge in [0.2, 0.25) is 0 Å². The molecule has 2 unspecified atom stereocenters. The van der Waals surface area contributed by atoms with Crippen molar-refractivity contribution in [1.82, 2.24) is 0 Å². The highest BCUT2D eigenvalue weighted by atomic mass is 16.5. The second-order valence-electron chi connectivity index (χ2n) is 4.61. The fourth-order valence-corrected chi connectivity index (χ4v) is 2.00. The molecule has 0 saturated carbocycles. The molecule has 2 atom stereocenters. The summed E-state index contributed by atoms with van der Waals surface area (Å²) in [5.41, 5.74) is 1.21. The monoisotopic (exact) mass is 298 g/mol. The maximum absolute atomic E-state index is 10.2. The lowest BCUT2D eigenvalue weighted by Gasteiger charge is -2.12. The minimum Gasteiger partial charge on any atom is -0.497 e. The zero-order chi connectivity index (χ0) is 15.9. The molecule has 22 heavy (non-hydrogen) atoms. The van der Waals surface area contributed by atoms with E-state index in [9.17, 15) is 10.2 Å². The molecule has 0 radical (unpaired) electrons. The van der Waals surface area contributed by atoms with E-state index in [0.29, 0.717) is 22.6 Å². The molecular formula is C18H18O4. The van der Waals surface area contributed by atoms with Crippen LogP contribution in [-0.4, -0.2) is 24.4 Å².